The van der Waals surface area contributed by atoms with Crippen LogP contribution in [0.1, 0.15) is 18.1 Å². The van der Waals surface area contributed by atoms with Gasteiger partial charge in [0.1, 0.15) is 11.6 Å². The highest BCUT2D eigenvalue weighted by Gasteiger charge is 2.29. The van der Waals surface area contributed by atoms with E-state index < -0.39 is 24.3 Å². The maximum absolute atomic E-state index is 15.2. The first-order chi connectivity index (χ1) is 16.7. The number of pyridine rings is 1. The number of ether oxygens (including phenoxy) is 2. The summed E-state index contributed by atoms with van der Waals surface area (Å²) in [6.45, 7) is 0.878. The Kier molecular flexibility index (Phi) is 7.19. The van der Waals surface area contributed by atoms with Gasteiger partial charge >= 0.3 is 6.18 Å². The van der Waals surface area contributed by atoms with E-state index in [1.807, 2.05) is 31.2 Å². The third-order valence-electron chi connectivity index (χ3n) is 5.45. The standard InChI is InChI=1S/C27H22F5NO2/c1-2-34-21-9-11-24(33-15-21)20-8-10-22-19(14-20)7-6-18(26(22)29)5-3-17-4-12-25(23(28)13-17)35-16-27(30,31)32/h4,6-15H,2-3,5,16H2,1H3. The molecule has 0 unspecified atom stereocenters. The first-order valence-electron chi connectivity index (χ1n) is 11.0. The monoisotopic (exact) mass is 487 g/mol. The summed E-state index contributed by atoms with van der Waals surface area (Å²) < 4.78 is 75.9. The lowest BCUT2D eigenvalue weighted by atomic mass is 9.98. The van der Waals surface area contributed by atoms with Gasteiger partial charge in [-0.3, -0.25) is 4.98 Å². The zero-order valence-corrected chi connectivity index (χ0v) is 18.8. The fourth-order valence-electron chi connectivity index (χ4n) is 3.75. The molecule has 0 aliphatic heterocycles. The highest BCUT2D eigenvalue weighted by atomic mass is 19.4. The number of aromatic nitrogens is 1. The molecule has 35 heavy (non-hydrogen) atoms. The van der Waals surface area contributed by atoms with Crippen molar-refractivity contribution < 1.29 is 31.4 Å². The fourth-order valence-corrected chi connectivity index (χ4v) is 3.75. The smallest absolute Gasteiger partial charge is 0.422 e. The summed E-state index contributed by atoms with van der Waals surface area (Å²) >= 11 is 0. The second kappa shape index (κ2) is 10.3. The minimum atomic E-state index is -4.55. The van der Waals surface area contributed by atoms with Gasteiger partial charge in [-0.25, -0.2) is 8.78 Å². The summed E-state index contributed by atoms with van der Waals surface area (Å²) in [4.78, 5) is 4.40. The Bertz CT molecular complexity index is 1320. The molecule has 4 aromatic rings. The van der Waals surface area contributed by atoms with Crippen LogP contribution in [0, 0.1) is 11.6 Å². The molecule has 0 aliphatic rings. The van der Waals surface area contributed by atoms with Gasteiger partial charge in [0.05, 0.1) is 18.5 Å². The van der Waals surface area contributed by atoms with Crippen molar-refractivity contribution in [2.45, 2.75) is 25.9 Å². The molecule has 0 spiro atoms. The normalized spacial score (nSPS) is 11.6. The lowest BCUT2D eigenvalue weighted by molar-refractivity contribution is -0.153. The molecule has 0 bridgehead atoms. The first-order valence-corrected chi connectivity index (χ1v) is 11.0. The number of rotatable bonds is 8. The minimum absolute atomic E-state index is 0.298. The summed E-state index contributed by atoms with van der Waals surface area (Å²) in [6, 6.07) is 16.3. The SMILES string of the molecule is CCOc1ccc(-c2ccc3c(F)c(CCc4ccc(OCC(F)(F)F)c(F)c4)ccc3c2)nc1. The predicted molar refractivity (Wildman–Crippen MR) is 124 cm³/mol. The van der Waals surface area contributed by atoms with E-state index >= 15 is 4.39 Å². The van der Waals surface area contributed by atoms with Gasteiger partial charge in [-0.2, -0.15) is 13.2 Å². The summed E-state index contributed by atoms with van der Waals surface area (Å²) in [6.07, 6.45) is -2.30. The Balaban J connectivity index is 1.47. The number of hydrogen-bond donors (Lipinski definition) is 0. The predicted octanol–water partition coefficient (Wildman–Crippen LogP) is 7.31. The Hall–Kier alpha value is -3.68. The van der Waals surface area contributed by atoms with Gasteiger partial charge in [0.2, 0.25) is 0 Å². The van der Waals surface area contributed by atoms with Crippen LogP contribution < -0.4 is 9.47 Å². The minimum Gasteiger partial charge on any atom is -0.492 e. The van der Waals surface area contributed by atoms with E-state index in [1.165, 1.54) is 6.07 Å². The van der Waals surface area contributed by atoms with E-state index in [4.69, 9.17) is 4.74 Å². The molecule has 0 saturated carbocycles. The Morgan fingerprint density at radius 1 is 0.857 bits per heavy atom. The van der Waals surface area contributed by atoms with Crippen LogP contribution in [0.25, 0.3) is 22.0 Å². The van der Waals surface area contributed by atoms with Gasteiger partial charge in [0.15, 0.2) is 18.2 Å². The van der Waals surface area contributed by atoms with Gasteiger partial charge in [-0.05, 0) is 66.6 Å². The Morgan fingerprint density at radius 2 is 1.69 bits per heavy atom. The molecule has 3 aromatic carbocycles. The van der Waals surface area contributed by atoms with Crippen LogP contribution in [-0.2, 0) is 12.8 Å². The van der Waals surface area contributed by atoms with E-state index in [2.05, 4.69) is 9.72 Å². The summed E-state index contributed by atoms with van der Waals surface area (Å²) in [5.74, 6) is -1.04. The zero-order valence-electron chi connectivity index (χ0n) is 18.8. The number of aryl methyl sites for hydroxylation is 2. The number of hydrogen-bond acceptors (Lipinski definition) is 3. The molecule has 0 atom stereocenters. The van der Waals surface area contributed by atoms with E-state index in [9.17, 15) is 17.6 Å². The molecular weight excluding hydrogens is 465 g/mol. The second-order valence-electron chi connectivity index (χ2n) is 7.96. The molecule has 0 saturated heterocycles. The molecule has 1 aromatic heterocycles. The second-order valence-corrected chi connectivity index (χ2v) is 7.96. The quantitative estimate of drug-likeness (QED) is 0.244. The van der Waals surface area contributed by atoms with Crippen molar-refractivity contribution in [1.29, 1.82) is 0 Å². The van der Waals surface area contributed by atoms with Crippen molar-refractivity contribution in [1.82, 2.24) is 4.98 Å². The van der Waals surface area contributed by atoms with Crippen LogP contribution in [0.2, 0.25) is 0 Å². The first kappa shape index (κ1) is 24.4. The van der Waals surface area contributed by atoms with Crippen molar-refractivity contribution >= 4 is 10.8 Å². The fraction of sp³-hybridized carbons (Fsp3) is 0.222. The zero-order chi connectivity index (χ0) is 25.0. The van der Waals surface area contributed by atoms with Gasteiger partial charge in [-0.1, -0.05) is 30.3 Å². The van der Waals surface area contributed by atoms with Crippen LogP contribution in [-0.4, -0.2) is 24.4 Å². The van der Waals surface area contributed by atoms with Crippen molar-refractivity contribution in [3.05, 3.63) is 89.6 Å². The maximum Gasteiger partial charge on any atom is 0.422 e. The summed E-state index contributed by atoms with van der Waals surface area (Å²) in [7, 11) is 0. The van der Waals surface area contributed by atoms with Crippen LogP contribution in [0.4, 0.5) is 22.0 Å². The molecule has 0 aliphatic carbocycles. The molecular formula is C27H22F5NO2. The number of halogens is 5. The van der Waals surface area contributed by atoms with Gasteiger partial charge in [-0.15, -0.1) is 0 Å². The number of nitrogens with zero attached hydrogens (tertiary/aromatic N) is 1. The highest BCUT2D eigenvalue weighted by molar-refractivity contribution is 5.88. The number of benzene rings is 3. The van der Waals surface area contributed by atoms with Gasteiger partial charge in [0, 0.05) is 10.9 Å². The Labute approximate surface area is 199 Å². The molecule has 182 valence electrons. The van der Waals surface area contributed by atoms with Crippen LogP contribution in [0.15, 0.2) is 66.9 Å². The molecule has 4 rings (SSSR count). The van der Waals surface area contributed by atoms with E-state index in [0.717, 1.165) is 28.8 Å². The maximum atomic E-state index is 15.2. The summed E-state index contributed by atoms with van der Waals surface area (Å²) in [5, 5.41) is 1.18. The largest absolute Gasteiger partial charge is 0.492 e. The third kappa shape index (κ3) is 6.07. The van der Waals surface area contributed by atoms with Crippen LogP contribution >= 0.6 is 0 Å². The molecule has 8 heteroatoms. The molecule has 1 heterocycles. The van der Waals surface area contributed by atoms with Crippen molar-refractivity contribution in [2.24, 2.45) is 0 Å². The van der Waals surface area contributed by atoms with E-state index in [1.54, 1.807) is 24.4 Å². The third-order valence-corrected chi connectivity index (χ3v) is 5.45. The molecule has 3 nitrogen and oxygen atoms in total. The van der Waals surface area contributed by atoms with Crippen LogP contribution in [0.5, 0.6) is 11.5 Å². The van der Waals surface area contributed by atoms with Gasteiger partial charge in [0.25, 0.3) is 0 Å². The average molecular weight is 487 g/mol. The number of alkyl halides is 3. The van der Waals surface area contributed by atoms with Crippen molar-refractivity contribution in [3.8, 4) is 22.8 Å². The average Bonchev–Trinajstić information content (AvgIpc) is 2.83. The highest BCUT2D eigenvalue weighted by Crippen LogP contribution is 2.28. The van der Waals surface area contributed by atoms with Crippen LogP contribution in [0.3, 0.4) is 0 Å². The van der Waals surface area contributed by atoms with Crippen molar-refractivity contribution in [2.75, 3.05) is 13.2 Å². The van der Waals surface area contributed by atoms with Gasteiger partial charge < -0.3 is 9.47 Å². The van der Waals surface area contributed by atoms with E-state index in [-0.39, 0.29) is 5.82 Å². The lowest BCUT2D eigenvalue weighted by Crippen LogP contribution is -2.19. The van der Waals surface area contributed by atoms with E-state index in [0.29, 0.717) is 41.7 Å². The molecule has 0 radical (unpaired) electrons. The van der Waals surface area contributed by atoms with Crippen molar-refractivity contribution in [3.63, 3.8) is 0 Å². The Morgan fingerprint density at radius 3 is 2.37 bits per heavy atom. The topological polar surface area (TPSA) is 31.4 Å². The summed E-state index contributed by atoms with van der Waals surface area (Å²) in [5.41, 5.74) is 2.57. The molecule has 0 fully saturated rings. The molecule has 0 N–H and O–H groups in total. The lowest BCUT2D eigenvalue weighted by Gasteiger charge is -2.11. The number of fused-ring (bicyclic) bond motifs is 1. The molecule has 0 amide bonds.